The second kappa shape index (κ2) is 8.01. The molecule has 0 heterocycles. The molecule has 1 aromatic rings. The Morgan fingerprint density at radius 2 is 1.88 bits per heavy atom. The molecule has 3 heteroatoms. The third-order valence-electron chi connectivity index (χ3n) is 2.08. The van der Waals surface area contributed by atoms with Crippen molar-refractivity contribution >= 4 is 0 Å². The fourth-order valence-electron chi connectivity index (χ4n) is 1.30. The first kappa shape index (κ1) is 13.9. The summed E-state index contributed by atoms with van der Waals surface area (Å²) in [5.41, 5.74) is 2.05. The highest BCUT2D eigenvalue weighted by atomic mass is 16.5. The minimum atomic E-state index is -0.585. The van der Waals surface area contributed by atoms with Gasteiger partial charge >= 0.3 is 0 Å². The van der Waals surface area contributed by atoms with Crippen LogP contribution in [0.5, 0.6) is 0 Å². The maximum Gasteiger partial charge on any atom is 0.101 e. The third-order valence-corrected chi connectivity index (χ3v) is 2.08. The van der Waals surface area contributed by atoms with E-state index in [4.69, 9.17) is 9.47 Å². The fraction of sp³-hybridized carbons (Fsp3) is 0.429. The number of rotatable bonds is 8. The summed E-state index contributed by atoms with van der Waals surface area (Å²) in [7, 11) is 0. The van der Waals surface area contributed by atoms with Gasteiger partial charge in [0.25, 0.3) is 0 Å². The smallest absolute Gasteiger partial charge is 0.101 e. The van der Waals surface area contributed by atoms with Crippen molar-refractivity contribution in [2.24, 2.45) is 0 Å². The summed E-state index contributed by atoms with van der Waals surface area (Å²) in [5.74, 6) is 0. The van der Waals surface area contributed by atoms with Gasteiger partial charge in [0.15, 0.2) is 0 Å². The number of hydrogen-bond donors (Lipinski definition) is 1. The normalized spacial score (nSPS) is 12.4. The highest BCUT2D eigenvalue weighted by molar-refractivity contribution is 5.13. The summed E-state index contributed by atoms with van der Waals surface area (Å²) in [6, 6.07) is 9.87. The molecule has 0 aromatic heterocycles. The zero-order valence-corrected chi connectivity index (χ0v) is 10.3. The molecule has 1 aromatic carbocycles. The zero-order chi connectivity index (χ0) is 12.5. The summed E-state index contributed by atoms with van der Waals surface area (Å²) in [6.45, 7) is 7.16. The lowest BCUT2D eigenvalue weighted by Crippen LogP contribution is -2.22. The van der Waals surface area contributed by atoms with Crippen molar-refractivity contribution in [3.63, 3.8) is 0 Å². The molecule has 0 aliphatic heterocycles. The maximum absolute atomic E-state index is 9.56. The van der Waals surface area contributed by atoms with Gasteiger partial charge in [-0.3, -0.25) is 0 Å². The average molecular weight is 236 g/mol. The average Bonchev–Trinajstić information content (AvgIpc) is 2.30. The van der Waals surface area contributed by atoms with E-state index in [0.717, 1.165) is 11.1 Å². The van der Waals surface area contributed by atoms with Crippen LogP contribution in [0.1, 0.15) is 12.5 Å². The molecule has 1 atom stereocenters. The van der Waals surface area contributed by atoms with Gasteiger partial charge in [0.2, 0.25) is 0 Å². The molecular weight excluding hydrogens is 216 g/mol. The van der Waals surface area contributed by atoms with Crippen molar-refractivity contribution in [1.29, 1.82) is 0 Å². The topological polar surface area (TPSA) is 38.7 Å². The number of hydrogen-bond acceptors (Lipinski definition) is 3. The standard InChI is InChI=1S/C14H20O3/c1-12(2)8-16-10-14(15)11-17-9-13-6-4-3-5-7-13/h3-7,14-15H,1,8-11H2,2H3. The number of benzene rings is 1. The third kappa shape index (κ3) is 6.89. The van der Waals surface area contributed by atoms with Crippen LogP contribution in [0.4, 0.5) is 0 Å². The molecule has 0 radical (unpaired) electrons. The number of ether oxygens (including phenoxy) is 2. The summed E-state index contributed by atoms with van der Waals surface area (Å²) in [4.78, 5) is 0. The van der Waals surface area contributed by atoms with E-state index in [2.05, 4.69) is 6.58 Å². The molecule has 3 nitrogen and oxygen atoms in total. The van der Waals surface area contributed by atoms with Crippen molar-refractivity contribution < 1.29 is 14.6 Å². The van der Waals surface area contributed by atoms with Gasteiger partial charge in [-0.2, -0.15) is 0 Å². The van der Waals surface area contributed by atoms with E-state index in [1.807, 2.05) is 37.3 Å². The molecule has 0 saturated heterocycles. The van der Waals surface area contributed by atoms with Gasteiger partial charge in [-0.05, 0) is 12.5 Å². The molecule has 0 amide bonds. The van der Waals surface area contributed by atoms with Crippen LogP contribution in [-0.2, 0) is 16.1 Å². The van der Waals surface area contributed by atoms with Gasteiger partial charge in [0, 0.05) is 0 Å². The van der Waals surface area contributed by atoms with Gasteiger partial charge < -0.3 is 14.6 Å². The van der Waals surface area contributed by atoms with E-state index < -0.39 is 6.10 Å². The molecule has 0 spiro atoms. The molecule has 0 bridgehead atoms. The summed E-state index contributed by atoms with van der Waals surface area (Å²) in [6.07, 6.45) is -0.585. The van der Waals surface area contributed by atoms with Crippen LogP contribution in [0.3, 0.4) is 0 Å². The van der Waals surface area contributed by atoms with Crippen LogP contribution < -0.4 is 0 Å². The Hall–Kier alpha value is -1.16. The van der Waals surface area contributed by atoms with Crippen molar-refractivity contribution in [2.45, 2.75) is 19.6 Å². The predicted octanol–water partition coefficient (Wildman–Crippen LogP) is 2.16. The van der Waals surface area contributed by atoms with Crippen molar-refractivity contribution in [2.75, 3.05) is 19.8 Å². The highest BCUT2D eigenvalue weighted by Gasteiger charge is 2.04. The quantitative estimate of drug-likeness (QED) is 0.703. The Morgan fingerprint density at radius 1 is 1.24 bits per heavy atom. The lowest BCUT2D eigenvalue weighted by Gasteiger charge is -2.11. The van der Waals surface area contributed by atoms with Crippen LogP contribution in [0, 0.1) is 0 Å². The number of aliphatic hydroxyl groups is 1. The summed E-state index contributed by atoms with van der Waals surface area (Å²) >= 11 is 0. The van der Waals surface area contributed by atoms with Crippen molar-refractivity contribution in [1.82, 2.24) is 0 Å². The van der Waals surface area contributed by atoms with E-state index in [-0.39, 0.29) is 13.2 Å². The maximum atomic E-state index is 9.56. The van der Waals surface area contributed by atoms with Gasteiger partial charge in [-0.15, -0.1) is 0 Å². The van der Waals surface area contributed by atoms with E-state index in [1.54, 1.807) is 0 Å². The van der Waals surface area contributed by atoms with Crippen LogP contribution in [-0.4, -0.2) is 31.0 Å². The molecule has 0 aliphatic carbocycles. The zero-order valence-electron chi connectivity index (χ0n) is 10.3. The summed E-state index contributed by atoms with van der Waals surface area (Å²) < 4.78 is 10.6. The fourth-order valence-corrected chi connectivity index (χ4v) is 1.30. The number of aliphatic hydroxyl groups excluding tert-OH is 1. The highest BCUT2D eigenvalue weighted by Crippen LogP contribution is 2.01. The van der Waals surface area contributed by atoms with Crippen LogP contribution in [0.15, 0.2) is 42.5 Å². The van der Waals surface area contributed by atoms with E-state index >= 15 is 0 Å². The van der Waals surface area contributed by atoms with E-state index in [9.17, 15) is 5.11 Å². The molecule has 94 valence electrons. The molecule has 0 aliphatic rings. The van der Waals surface area contributed by atoms with Crippen LogP contribution >= 0.6 is 0 Å². The molecule has 0 fully saturated rings. The summed E-state index contributed by atoms with van der Waals surface area (Å²) in [5, 5.41) is 9.56. The van der Waals surface area contributed by atoms with Crippen molar-refractivity contribution in [3.05, 3.63) is 48.0 Å². The first-order valence-electron chi connectivity index (χ1n) is 5.70. The molecule has 1 unspecified atom stereocenters. The minimum absolute atomic E-state index is 0.279. The molecule has 1 rings (SSSR count). The minimum Gasteiger partial charge on any atom is -0.388 e. The SMILES string of the molecule is C=C(C)COCC(O)COCc1ccccc1. The lowest BCUT2D eigenvalue weighted by molar-refractivity contribution is -0.0189. The Balaban J connectivity index is 2.08. The van der Waals surface area contributed by atoms with Gasteiger partial charge in [0.05, 0.1) is 26.4 Å². The van der Waals surface area contributed by atoms with Gasteiger partial charge in [0.1, 0.15) is 6.10 Å². The van der Waals surface area contributed by atoms with Crippen LogP contribution in [0.2, 0.25) is 0 Å². The van der Waals surface area contributed by atoms with Gasteiger partial charge in [-0.25, -0.2) is 0 Å². The lowest BCUT2D eigenvalue weighted by atomic mass is 10.2. The Bertz CT molecular complexity index is 321. The molecule has 0 saturated carbocycles. The largest absolute Gasteiger partial charge is 0.388 e. The van der Waals surface area contributed by atoms with E-state index in [1.165, 1.54) is 0 Å². The predicted molar refractivity (Wildman–Crippen MR) is 67.7 cm³/mol. The Labute approximate surface area is 103 Å². The first-order valence-corrected chi connectivity index (χ1v) is 5.70. The Morgan fingerprint density at radius 3 is 2.53 bits per heavy atom. The Kier molecular flexibility index (Phi) is 6.55. The van der Waals surface area contributed by atoms with Gasteiger partial charge in [-0.1, -0.05) is 42.5 Å². The van der Waals surface area contributed by atoms with E-state index in [0.29, 0.717) is 13.2 Å². The second-order valence-corrected chi connectivity index (χ2v) is 4.13. The molecule has 17 heavy (non-hydrogen) atoms. The van der Waals surface area contributed by atoms with Crippen molar-refractivity contribution in [3.8, 4) is 0 Å². The second-order valence-electron chi connectivity index (χ2n) is 4.13. The van der Waals surface area contributed by atoms with Crippen LogP contribution in [0.25, 0.3) is 0 Å². The monoisotopic (exact) mass is 236 g/mol. The molecule has 1 N–H and O–H groups in total. The molecular formula is C14H20O3. The first-order chi connectivity index (χ1) is 8.18.